The van der Waals surface area contributed by atoms with Crippen molar-refractivity contribution in [3.8, 4) is 5.75 Å². The van der Waals surface area contributed by atoms with Crippen LogP contribution >= 0.6 is 0 Å². The Morgan fingerprint density at radius 3 is 2.82 bits per heavy atom. The summed E-state index contributed by atoms with van der Waals surface area (Å²) in [6.07, 6.45) is 4.33. The van der Waals surface area contributed by atoms with E-state index in [2.05, 4.69) is 42.3 Å². The van der Waals surface area contributed by atoms with Crippen LogP contribution in [0.5, 0.6) is 5.75 Å². The summed E-state index contributed by atoms with van der Waals surface area (Å²) in [5.74, 6) is 1.02. The second-order valence-electron chi connectivity index (χ2n) is 5.01. The molecule has 0 spiro atoms. The van der Waals surface area contributed by atoms with Gasteiger partial charge in [-0.05, 0) is 44.6 Å². The van der Waals surface area contributed by atoms with E-state index in [4.69, 9.17) is 4.74 Å². The minimum Gasteiger partial charge on any atom is -0.496 e. The maximum atomic E-state index is 5.50. The Morgan fingerprint density at radius 1 is 1.29 bits per heavy atom. The molecule has 90 valence electrons. The summed E-state index contributed by atoms with van der Waals surface area (Å²) >= 11 is 0. The Labute approximate surface area is 101 Å². The summed E-state index contributed by atoms with van der Waals surface area (Å²) in [4.78, 5) is 5.66. The normalized spacial score (nSPS) is 18.9. The molecule has 3 heteroatoms. The van der Waals surface area contributed by atoms with Crippen molar-refractivity contribution in [2.45, 2.75) is 18.9 Å². The molecule has 1 aromatic carbocycles. The average molecular weight is 230 g/mol. The lowest BCUT2D eigenvalue weighted by molar-refractivity contribution is 0.284. The molecule has 0 radical (unpaired) electrons. The van der Waals surface area contributed by atoms with Gasteiger partial charge in [0.2, 0.25) is 0 Å². The number of nitrogens with one attached hydrogen (secondary N) is 1. The smallest absolute Gasteiger partial charge is 0.122 e. The van der Waals surface area contributed by atoms with E-state index in [1.165, 1.54) is 22.0 Å². The zero-order valence-electron chi connectivity index (χ0n) is 10.6. The first-order chi connectivity index (χ1) is 8.20. The van der Waals surface area contributed by atoms with Gasteiger partial charge >= 0.3 is 0 Å². The fourth-order valence-electron chi connectivity index (χ4n) is 2.83. The van der Waals surface area contributed by atoms with Gasteiger partial charge in [0.05, 0.1) is 7.11 Å². The number of likely N-dealkylation sites (N-methyl/N-ethyl adjacent to an activating group) is 1. The SMILES string of the molecule is COc1ccc2[nH]cc3c2c1C[C@H](N(C)C)C3. The number of hydrogen-bond donors (Lipinski definition) is 1. The van der Waals surface area contributed by atoms with Crippen molar-refractivity contribution in [3.05, 3.63) is 29.5 Å². The fourth-order valence-corrected chi connectivity index (χ4v) is 2.83. The number of aromatic amines is 1. The quantitative estimate of drug-likeness (QED) is 0.856. The summed E-state index contributed by atoms with van der Waals surface area (Å²) in [6, 6.07) is 4.74. The number of ether oxygens (including phenoxy) is 1. The molecule has 3 nitrogen and oxygen atoms in total. The lowest BCUT2D eigenvalue weighted by Crippen LogP contribution is -2.34. The first-order valence-corrected chi connectivity index (χ1v) is 6.03. The van der Waals surface area contributed by atoms with Crippen LogP contribution < -0.4 is 4.74 Å². The molecule has 0 saturated heterocycles. The topological polar surface area (TPSA) is 28.3 Å². The molecule has 1 aromatic heterocycles. The van der Waals surface area contributed by atoms with E-state index < -0.39 is 0 Å². The molecular weight excluding hydrogens is 212 g/mol. The molecule has 0 aliphatic heterocycles. The molecule has 0 bridgehead atoms. The van der Waals surface area contributed by atoms with E-state index in [0.717, 1.165) is 18.6 Å². The first kappa shape index (κ1) is 10.7. The summed E-state index contributed by atoms with van der Waals surface area (Å²) in [5.41, 5.74) is 4.00. The van der Waals surface area contributed by atoms with Crippen molar-refractivity contribution in [2.24, 2.45) is 0 Å². The van der Waals surface area contributed by atoms with Crippen LogP contribution in [0.1, 0.15) is 11.1 Å². The zero-order valence-corrected chi connectivity index (χ0v) is 10.6. The van der Waals surface area contributed by atoms with Gasteiger partial charge < -0.3 is 14.6 Å². The molecule has 0 unspecified atom stereocenters. The summed E-state index contributed by atoms with van der Waals surface area (Å²) in [6.45, 7) is 0. The van der Waals surface area contributed by atoms with E-state index in [1.807, 2.05) is 0 Å². The maximum Gasteiger partial charge on any atom is 0.122 e. The lowest BCUT2D eigenvalue weighted by Gasteiger charge is -2.29. The third-order valence-corrected chi connectivity index (χ3v) is 3.84. The Bertz CT molecular complexity index is 557. The van der Waals surface area contributed by atoms with E-state index in [0.29, 0.717) is 6.04 Å². The Balaban J connectivity index is 2.20. The molecule has 1 heterocycles. The molecule has 2 aromatic rings. The van der Waals surface area contributed by atoms with Crippen molar-refractivity contribution in [2.75, 3.05) is 21.2 Å². The molecule has 1 aliphatic carbocycles. The minimum absolute atomic E-state index is 0.567. The maximum absolute atomic E-state index is 5.50. The predicted octanol–water partition coefficient (Wildman–Crippen LogP) is 2.21. The Kier molecular flexibility index (Phi) is 2.37. The highest BCUT2D eigenvalue weighted by atomic mass is 16.5. The second-order valence-corrected chi connectivity index (χ2v) is 5.01. The first-order valence-electron chi connectivity index (χ1n) is 6.03. The number of rotatable bonds is 2. The molecule has 1 aliphatic rings. The largest absolute Gasteiger partial charge is 0.496 e. The van der Waals surface area contributed by atoms with Gasteiger partial charge in [-0.25, -0.2) is 0 Å². The standard InChI is InChI=1S/C14H18N2O/c1-16(2)10-6-9-8-15-12-4-5-13(17-3)11(7-10)14(9)12/h4-5,8,10,15H,6-7H2,1-3H3/t10-/m1/s1. The van der Waals surface area contributed by atoms with Crippen LogP contribution in [0.3, 0.4) is 0 Å². The monoisotopic (exact) mass is 230 g/mol. The molecule has 0 fully saturated rings. The molecule has 0 amide bonds. The predicted molar refractivity (Wildman–Crippen MR) is 69.7 cm³/mol. The van der Waals surface area contributed by atoms with Gasteiger partial charge in [0.25, 0.3) is 0 Å². The highest BCUT2D eigenvalue weighted by molar-refractivity contribution is 5.89. The van der Waals surface area contributed by atoms with E-state index in [-0.39, 0.29) is 0 Å². The van der Waals surface area contributed by atoms with Crippen LogP contribution in [-0.2, 0) is 12.8 Å². The Hall–Kier alpha value is -1.48. The van der Waals surface area contributed by atoms with Crippen LogP contribution in [0.15, 0.2) is 18.3 Å². The van der Waals surface area contributed by atoms with Gasteiger partial charge in [-0.2, -0.15) is 0 Å². The van der Waals surface area contributed by atoms with E-state index >= 15 is 0 Å². The van der Waals surface area contributed by atoms with Crippen LogP contribution in [0.25, 0.3) is 10.9 Å². The second kappa shape index (κ2) is 3.77. The Morgan fingerprint density at radius 2 is 2.12 bits per heavy atom. The van der Waals surface area contributed by atoms with Gasteiger partial charge in [-0.1, -0.05) is 0 Å². The van der Waals surface area contributed by atoms with E-state index in [1.54, 1.807) is 7.11 Å². The zero-order chi connectivity index (χ0) is 12.0. The number of methoxy groups -OCH3 is 1. The number of H-pyrrole nitrogens is 1. The molecular formula is C14H18N2O. The highest BCUT2D eigenvalue weighted by Crippen LogP contribution is 2.36. The van der Waals surface area contributed by atoms with Crippen LogP contribution in [0.2, 0.25) is 0 Å². The van der Waals surface area contributed by atoms with Gasteiger partial charge in [0.1, 0.15) is 5.75 Å². The summed E-state index contributed by atoms with van der Waals surface area (Å²) in [5, 5.41) is 1.38. The summed E-state index contributed by atoms with van der Waals surface area (Å²) in [7, 11) is 6.05. The third kappa shape index (κ3) is 1.53. The molecule has 17 heavy (non-hydrogen) atoms. The average Bonchev–Trinajstić information content (AvgIpc) is 2.74. The third-order valence-electron chi connectivity index (χ3n) is 3.84. The van der Waals surface area contributed by atoms with Crippen molar-refractivity contribution in [3.63, 3.8) is 0 Å². The van der Waals surface area contributed by atoms with Crippen LogP contribution in [0.4, 0.5) is 0 Å². The van der Waals surface area contributed by atoms with Crippen LogP contribution in [0, 0.1) is 0 Å². The molecule has 1 N–H and O–H groups in total. The van der Waals surface area contributed by atoms with Gasteiger partial charge in [-0.15, -0.1) is 0 Å². The fraction of sp³-hybridized carbons (Fsp3) is 0.429. The number of nitrogens with zero attached hydrogens (tertiary/aromatic N) is 1. The van der Waals surface area contributed by atoms with Crippen molar-refractivity contribution in [1.82, 2.24) is 9.88 Å². The van der Waals surface area contributed by atoms with Gasteiger partial charge in [0, 0.05) is 28.7 Å². The van der Waals surface area contributed by atoms with Crippen molar-refractivity contribution < 1.29 is 4.74 Å². The van der Waals surface area contributed by atoms with Gasteiger partial charge in [0.15, 0.2) is 0 Å². The number of hydrogen-bond acceptors (Lipinski definition) is 2. The van der Waals surface area contributed by atoms with Crippen LogP contribution in [-0.4, -0.2) is 37.1 Å². The highest BCUT2D eigenvalue weighted by Gasteiger charge is 2.25. The van der Waals surface area contributed by atoms with E-state index in [9.17, 15) is 0 Å². The molecule has 3 rings (SSSR count). The number of benzene rings is 1. The lowest BCUT2D eigenvalue weighted by atomic mass is 9.88. The van der Waals surface area contributed by atoms with Crippen molar-refractivity contribution >= 4 is 10.9 Å². The molecule has 0 saturated carbocycles. The van der Waals surface area contributed by atoms with Gasteiger partial charge in [-0.3, -0.25) is 0 Å². The summed E-state index contributed by atoms with van der Waals surface area (Å²) < 4.78 is 5.50. The molecule has 1 atom stereocenters. The van der Waals surface area contributed by atoms with Crippen molar-refractivity contribution in [1.29, 1.82) is 0 Å². The minimum atomic E-state index is 0.567. The number of aromatic nitrogens is 1.